The first-order valence-corrected chi connectivity index (χ1v) is 10.3. The van der Waals surface area contributed by atoms with Gasteiger partial charge in [-0.25, -0.2) is 0 Å². The summed E-state index contributed by atoms with van der Waals surface area (Å²) >= 11 is 0. The number of nitrogens with two attached hydrogens (primary N) is 1. The van der Waals surface area contributed by atoms with Crippen molar-refractivity contribution in [3.8, 4) is 0 Å². The highest BCUT2D eigenvalue weighted by atomic mass is 15.1. The summed E-state index contributed by atoms with van der Waals surface area (Å²) < 4.78 is 1.92. The van der Waals surface area contributed by atoms with Crippen molar-refractivity contribution < 1.29 is 0 Å². The van der Waals surface area contributed by atoms with Crippen LogP contribution in [-0.2, 0) is 6.67 Å². The summed E-state index contributed by atoms with van der Waals surface area (Å²) in [5.41, 5.74) is 7.80. The van der Waals surface area contributed by atoms with Crippen molar-refractivity contribution >= 4 is 0 Å². The van der Waals surface area contributed by atoms with Gasteiger partial charge in [-0.3, -0.25) is 4.99 Å². The first-order valence-electron chi connectivity index (χ1n) is 10.3. The summed E-state index contributed by atoms with van der Waals surface area (Å²) in [6.45, 7) is 17.4. The van der Waals surface area contributed by atoms with Gasteiger partial charge < -0.3 is 10.3 Å². The number of hydrogen-bond acceptors (Lipinski definition) is 2. The summed E-state index contributed by atoms with van der Waals surface area (Å²) in [7, 11) is 0. The molecule has 27 heavy (non-hydrogen) atoms. The molecule has 0 aliphatic carbocycles. The van der Waals surface area contributed by atoms with E-state index in [4.69, 9.17) is 5.73 Å². The van der Waals surface area contributed by atoms with Crippen LogP contribution in [-0.4, -0.2) is 11.1 Å². The fourth-order valence-electron chi connectivity index (χ4n) is 2.44. The standard InChI is InChI=1S/C13H19N3.C9H20.C2H4/c1-3-7-12(4-2)10-15-13-8-5-6-9-16(13)11-14;1-3-5-7-9-8-6-4-2;1-2/h3-6,8-9H,1,7,10-11,14H2,2H3;3-9H2,1-2H3;1-2H2/b12-4+,15-13?;;. The lowest BCUT2D eigenvalue weighted by atomic mass is 10.1. The Morgan fingerprint density at radius 2 is 1.67 bits per heavy atom. The lowest BCUT2D eigenvalue weighted by molar-refractivity contribution is 0.602. The van der Waals surface area contributed by atoms with Gasteiger partial charge in [-0.1, -0.05) is 77.0 Å². The normalized spacial score (nSPS) is 11.1. The average molecular weight is 374 g/mol. The van der Waals surface area contributed by atoms with Crippen LogP contribution < -0.4 is 11.2 Å². The highest BCUT2D eigenvalue weighted by Crippen LogP contribution is 2.05. The van der Waals surface area contributed by atoms with Crippen molar-refractivity contribution in [1.29, 1.82) is 0 Å². The number of allylic oxidation sites excluding steroid dienone is 2. The lowest BCUT2D eigenvalue weighted by Gasteiger charge is -2.04. The predicted octanol–water partition coefficient (Wildman–Crippen LogP) is 6.39. The third-order valence-electron chi connectivity index (χ3n) is 4.08. The Morgan fingerprint density at radius 3 is 2.15 bits per heavy atom. The van der Waals surface area contributed by atoms with Gasteiger partial charge in [-0.05, 0) is 31.1 Å². The third-order valence-corrected chi connectivity index (χ3v) is 4.08. The predicted molar refractivity (Wildman–Crippen MR) is 123 cm³/mol. The second-order valence-electron chi connectivity index (χ2n) is 6.23. The first kappa shape index (κ1) is 27.3. The van der Waals surface area contributed by atoms with Crippen LogP contribution in [0.3, 0.4) is 0 Å². The Hall–Kier alpha value is -1.87. The second kappa shape index (κ2) is 22.2. The molecule has 1 aromatic rings. The van der Waals surface area contributed by atoms with Crippen LogP contribution in [0.5, 0.6) is 0 Å². The molecule has 0 bridgehead atoms. The minimum Gasteiger partial charge on any atom is -0.320 e. The fraction of sp³-hybridized carbons (Fsp3) is 0.542. The van der Waals surface area contributed by atoms with Gasteiger partial charge in [0.2, 0.25) is 0 Å². The molecule has 0 aliphatic heterocycles. The van der Waals surface area contributed by atoms with Crippen molar-refractivity contribution in [3.63, 3.8) is 0 Å². The molecule has 0 amide bonds. The van der Waals surface area contributed by atoms with Gasteiger partial charge in [0, 0.05) is 6.20 Å². The van der Waals surface area contributed by atoms with Crippen LogP contribution in [0.4, 0.5) is 0 Å². The number of unbranched alkanes of at least 4 members (excludes halogenated alkanes) is 6. The molecular weight excluding hydrogens is 330 g/mol. The van der Waals surface area contributed by atoms with Gasteiger partial charge in [0.1, 0.15) is 5.49 Å². The Labute approximate surface area is 168 Å². The van der Waals surface area contributed by atoms with Gasteiger partial charge in [-0.15, -0.1) is 19.7 Å². The summed E-state index contributed by atoms with van der Waals surface area (Å²) in [5.74, 6) is 0. The molecule has 3 nitrogen and oxygen atoms in total. The number of pyridine rings is 1. The molecule has 2 N–H and O–H groups in total. The maximum Gasteiger partial charge on any atom is 0.128 e. The second-order valence-corrected chi connectivity index (χ2v) is 6.23. The van der Waals surface area contributed by atoms with E-state index in [2.05, 4.69) is 44.7 Å². The summed E-state index contributed by atoms with van der Waals surface area (Å²) in [4.78, 5) is 4.53. The largest absolute Gasteiger partial charge is 0.320 e. The average Bonchev–Trinajstić information content (AvgIpc) is 2.73. The van der Waals surface area contributed by atoms with E-state index in [1.54, 1.807) is 0 Å². The molecule has 0 saturated carbocycles. The molecule has 0 saturated heterocycles. The van der Waals surface area contributed by atoms with E-state index < -0.39 is 0 Å². The van der Waals surface area contributed by atoms with Crippen molar-refractivity contribution in [1.82, 2.24) is 4.57 Å². The molecule has 154 valence electrons. The number of aromatic nitrogens is 1. The highest BCUT2D eigenvalue weighted by Gasteiger charge is 1.92. The molecule has 1 aromatic heterocycles. The topological polar surface area (TPSA) is 43.3 Å². The maximum atomic E-state index is 5.62. The quantitative estimate of drug-likeness (QED) is 0.354. The zero-order valence-corrected chi connectivity index (χ0v) is 18.1. The highest BCUT2D eigenvalue weighted by molar-refractivity contribution is 5.07. The summed E-state index contributed by atoms with van der Waals surface area (Å²) in [6, 6.07) is 5.88. The molecule has 0 atom stereocenters. The van der Waals surface area contributed by atoms with Crippen LogP contribution in [0.25, 0.3) is 0 Å². The minimum absolute atomic E-state index is 0.451. The molecule has 0 unspecified atom stereocenters. The van der Waals surface area contributed by atoms with Crippen molar-refractivity contribution in [2.75, 3.05) is 6.54 Å². The van der Waals surface area contributed by atoms with Crippen LogP contribution in [0.2, 0.25) is 0 Å². The zero-order chi connectivity index (χ0) is 20.8. The van der Waals surface area contributed by atoms with E-state index in [0.29, 0.717) is 13.2 Å². The molecule has 0 radical (unpaired) electrons. The number of nitrogens with zero attached hydrogens (tertiary/aromatic N) is 2. The van der Waals surface area contributed by atoms with Crippen LogP contribution >= 0.6 is 0 Å². The molecule has 0 aliphatic rings. The van der Waals surface area contributed by atoms with E-state index >= 15 is 0 Å². The monoisotopic (exact) mass is 373 g/mol. The van der Waals surface area contributed by atoms with Gasteiger partial charge in [-0.2, -0.15) is 0 Å². The molecule has 0 aromatic carbocycles. The van der Waals surface area contributed by atoms with Gasteiger partial charge >= 0.3 is 0 Å². The number of rotatable bonds is 11. The molecular formula is C24H43N3. The lowest BCUT2D eigenvalue weighted by Crippen LogP contribution is -2.24. The minimum atomic E-state index is 0.451. The maximum absolute atomic E-state index is 5.62. The van der Waals surface area contributed by atoms with E-state index in [9.17, 15) is 0 Å². The first-order chi connectivity index (χ1) is 13.2. The van der Waals surface area contributed by atoms with Crippen LogP contribution in [0, 0.1) is 0 Å². The Bertz CT molecular complexity index is 535. The molecule has 0 spiro atoms. The Kier molecular flexibility index (Phi) is 22.5. The molecule has 0 fully saturated rings. The van der Waals surface area contributed by atoms with Crippen molar-refractivity contribution in [2.45, 2.75) is 78.8 Å². The molecule has 1 rings (SSSR count). The Balaban J connectivity index is 0. The Morgan fingerprint density at radius 1 is 1.07 bits per heavy atom. The molecule has 1 heterocycles. The van der Waals surface area contributed by atoms with E-state index in [1.807, 2.05) is 42.0 Å². The summed E-state index contributed by atoms with van der Waals surface area (Å²) in [6.07, 6.45) is 16.8. The van der Waals surface area contributed by atoms with Gasteiger partial charge in [0.05, 0.1) is 13.2 Å². The van der Waals surface area contributed by atoms with Crippen molar-refractivity contribution in [2.24, 2.45) is 10.7 Å². The fourth-order valence-corrected chi connectivity index (χ4v) is 2.44. The summed E-state index contributed by atoms with van der Waals surface area (Å²) in [5, 5.41) is 0. The molecule has 3 heteroatoms. The van der Waals surface area contributed by atoms with Gasteiger partial charge in [0.25, 0.3) is 0 Å². The van der Waals surface area contributed by atoms with E-state index in [0.717, 1.165) is 11.9 Å². The van der Waals surface area contributed by atoms with Crippen LogP contribution in [0.15, 0.2) is 66.9 Å². The third kappa shape index (κ3) is 16.1. The van der Waals surface area contributed by atoms with Crippen LogP contribution in [0.1, 0.15) is 72.1 Å². The zero-order valence-electron chi connectivity index (χ0n) is 18.1. The SMILES string of the molecule is C=C.C=CC/C(=C\C)CN=c1ccccn1CN.CCCCCCCCC. The van der Waals surface area contributed by atoms with Gasteiger partial charge in [0.15, 0.2) is 0 Å². The smallest absolute Gasteiger partial charge is 0.128 e. The number of hydrogen-bond donors (Lipinski definition) is 1. The van der Waals surface area contributed by atoms with E-state index in [-0.39, 0.29) is 0 Å². The van der Waals surface area contributed by atoms with Crippen molar-refractivity contribution in [3.05, 3.63) is 67.3 Å². The van der Waals surface area contributed by atoms with E-state index in [1.165, 1.54) is 50.5 Å².